The van der Waals surface area contributed by atoms with Crippen molar-refractivity contribution in [2.75, 3.05) is 0 Å². The smallest absolute Gasteiger partial charge is 0.264 e. The molecule has 1 amide bonds. The largest absolute Gasteiger partial charge is 0.318 e. The second-order valence-electron chi connectivity index (χ2n) is 12.4. The third-order valence-corrected chi connectivity index (χ3v) is 10.7. The van der Waals surface area contributed by atoms with Crippen molar-refractivity contribution < 1.29 is 4.79 Å². The quantitative estimate of drug-likeness (QED) is 0.336. The van der Waals surface area contributed by atoms with Crippen molar-refractivity contribution in [2.24, 2.45) is 22.7 Å². The standard InChI is InChI=1S/C34H37N3OS/c1-4-23-5-9-29(10-6-23)35-33-36-32(38)31(39-33)17-27-13-21(2)37(22(27)3)30-11-7-28(8-12-30)34-18-24-14-25(19-34)16-26(15-24)20-34/h5-13,17,24-26H,4,14-16,18-20H2,1-3H3,(H,35,36,38)/b31-17-. The van der Waals surface area contributed by atoms with Crippen LogP contribution in [-0.4, -0.2) is 15.6 Å². The van der Waals surface area contributed by atoms with Gasteiger partial charge in [-0.1, -0.05) is 31.2 Å². The normalized spacial score (nSPS) is 29.5. The first kappa shape index (κ1) is 25.0. The monoisotopic (exact) mass is 535 g/mol. The van der Waals surface area contributed by atoms with Gasteiger partial charge in [-0.05, 0) is 147 Å². The van der Waals surface area contributed by atoms with Crippen molar-refractivity contribution in [3.63, 3.8) is 0 Å². The molecule has 3 aromatic rings. The molecule has 5 fully saturated rings. The zero-order valence-electron chi connectivity index (χ0n) is 23.2. The molecule has 5 heteroatoms. The van der Waals surface area contributed by atoms with E-state index < -0.39 is 0 Å². The van der Waals surface area contributed by atoms with Gasteiger partial charge in [0.2, 0.25) is 0 Å². The van der Waals surface area contributed by atoms with Crippen LogP contribution < -0.4 is 5.32 Å². The van der Waals surface area contributed by atoms with Gasteiger partial charge in [-0.15, -0.1) is 0 Å². The van der Waals surface area contributed by atoms with Crippen molar-refractivity contribution in [1.29, 1.82) is 0 Å². The Balaban J connectivity index is 1.12. The molecule has 4 nitrogen and oxygen atoms in total. The Morgan fingerprint density at radius 3 is 2.23 bits per heavy atom. The van der Waals surface area contributed by atoms with Crippen molar-refractivity contribution >= 4 is 34.6 Å². The highest BCUT2D eigenvalue weighted by Gasteiger charge is 2.51. The number of amidine groups is 1. The summed E-state index contributed by atoms with van der Waals surface area (Å²) in [6, 6.07) is 19.8. The van der Waals surface area contributed by atoms with Crippen molar-refractivity contribution in [1.82, 2.24) is 9.88 Å². The highest BCUT2D eigenvalue weighted by Crippen LogP contribution is 2.60. The highest BCUT2D eigenvalue weighted by molar-refractivity contribution is 8.18. The molecule has 4 bridgehead atoms. The lowest BCUT2D eigenvalue weighted by atomic mass is 9.48. The Morgan fingerprint density at radius 2 is 1.62 bits per heavy atom. The number of benzene rings is 2. The predicted molar refractivity (Wildman–Crippen MR) is 162 cm³/mol. The van der Waals surface area contributed by atoms with E-state index >= 15 is 0 Å². The summed E-state index contributed by atoms with van der Waals surface area (Å²) in [5.41, 5.74) is 8.71. The highest BCUT2D eigenvalue weighted by atomic mass is 32.2. The van der Waals surface area contributed by atoms with Gasteiger partial charge in [0, 0.05) is 17.1 Å². The van der Waals surface area contributed by atoms with Gasteiger partial charge < -0.3 is 9.88 Å². The minimum atomic E-state index is -0.0892. The molecule has 5 aliphatic rings. The number of carbonyl (C=O) groups is 1. The first-order chi connectivity index (χ1) is 18.9. The van der Waals surface area contributed by atoms with E-state index in [1.165, 1.54) is 67.2 Å². The average molecular weight is 536 g/mol. The molecule has 0 atom stereocenters. The molecule has 2 aromatic carbocycles. The fourth-order valence-corrected chi connectivity index (χ4v) is 9.14. The van der Waals surface area contributed by atoms with Gasteiger partial charge >= 0.3 is 0 Å². The van der Waals surface area contributed by atoms with Gasteiger partial charge in [0.1, 0.15) is 0 Å². The molecule has 39 heavy (non-hydrogen) atoms. The van der Waals surface area contributed by atoms with E-state index in [1.807, 2.05) is 18.2 Å². The number of nitrogens with one attached hydrogen (secondary N) is 1. The number of aromatic nitrogens is 1. The molecule has 0 unspecified atom stereocenters. The van der Waals surface area contributed by atoms with Crippen molar-refractivity contribution in [2.45, 2.75) is 71.1 Å². The number of rotatable bonds is 5. The molecule has 200 valence electrons. The summed E-state index contributed by atoms with van der Waals surface area (Å²) < 4.78 is 2.32. The molecule has 0 spiro atoms. The second-order valence-corrected chi connectivity index (χ2v) is 13.4. The number of carbonyl (C=O) groups excluding carboxylic acids is 1. The zero-order valence-corrected chi connectivity index (χ0v) is 24.0. The van der Waals surface area contributed by atoms with E-state index in [0.29, 0.717) is 15.5 Å². The maximum absolute atomic E-state index is 12.8. The van der Waals surface area contributed by atoms with Crippen LogP contribution in [0.2, 0.25) is 0 Å². The van der Waals surface area contributed by atoms with Crippen LogP contribution in [0.15, 0.2) is 64.5 Å². The van der Waals surface area contributed by atoms with Gasteiger partial charge in [0.05, 0.1) is 10.6 Å². The van der Waals surface area contributed by atoms with Crippen LogP contribution in [0.3, 0.4) is 0 Å². The molecule has 0 radical (unpaired) electrons. The number of hydrogen-bond donors (Lipinski definition) is 1. The van der Waals surface area contributed by atoms with Crippen LogP contribution in [0.1, 0.15) is 73.5 Å². The molecule has 4 aliphatic carbocycles. The topological polar surface area (TPSA) is 46.4 Å². The van der Waals surface area contributed by atoms with Crippen LogP contribution in [-0.2, 0) is 16.6 Å². The third-order valence-electron chi connectivity index (χ3n) is 9.76. The average Bonchev–Trinajstić information content (AvgIpc) is 3.40. The number of amides is 1. The van der Waals surface area contributed by atoms with E-state index in [-0.39, 0.29) is 5.91 Å². The van der Waals surface area contributed by atoms with Crippen LogP contribution in [0.4, 0.5) is 5.69 Å². The number of thioether (sulfide) groups is 1. The fraction of sp³-hybridized carbons (Fsp3) is 0.412. The number of aryl methyl sites for hydroxylation is 2. The summed E-state index contributed by atoms with van der Waals surface area (Å²) in [7, 11) is 0. The minimum absolute atomic E-state index is 0.0892. The summed E-state index contributed by atoms with van der Waals surface area (Å²) in [6.45, 7) is 6.44. The summed E-state index contributed by atoms with van der Waals surface area (Å²) >= 11 is 1.41. The third kappa shape index (κ3) is 4.49. The van der Waals surface area contributed by atoms with Gasteiger partial charge in [-0.3, -0.25) is 4.79 Å². The van der Waals surface area contributed by atoms with Crippen LogP contribution in [0, 0.1) is 31.6 Å². The van der Waals surface area contributed by atoms with E-state index in [9.17, 15) is 4.79 Å². The summed E-state index contributed by atoms with van der Waals surface area (Å²) in [5, 5.41) is 3.56. The van der Waals surface area contributed by atoms with E-state index in [1.54, 1.807) is 5.56 Å². The lowest BCUT2D eigenvalue weighted by molar-refractivity contribution is -0.115. The van der Waals surface area contributed by atoms with Gasteiger partial charge in [-0.25, -0.2) is 4.99 Å². The molecule has 1 aliphatic heterocycles. The van der Waals surface area contributed by atoms with E-state index in [0.717, 1.165) is 41.1 Å². The lowest BCUT2D eigenvalue weighted by Crippen LogP contribution is -2.48. The first-order valence-corrected chi connectivity index (χ1v) is 15.4. The predicted octanol–water partition coefficient (Wildman–Crippen LogP) is 8.02. The number of aliphatic imine (C=N–C) groups is 1. The Hall–Kier alpha value is -3.05. The number of nitrogens with zero attached hydrogens (tertiary/aromatic N) is 2. The Kier molecular flexibility index (Phi) is 6.11. The molecule has 1 saturated heterocycles. The van der Waals surface area contributed by atoms with Crippen LogP contribution in [0.5, 0.6) is 0 Å². The number of hydrogen-bond acceptors (Lipinski definition) is 3. The zero-order chi connectivity index (χ0) is 26.7. The molecule has 1 N–H and O–H groups in total. The Bertz CT molecular complexity index is 1460. The maximum atomic E-state index is 12.8. The second kappa shape index (κ2) is 9.55. The van der Waals surface area contributed by atoms with E-state index in [2.05, 4.69) is 78.1 Å². The molecule has 8 rings (SSSR count). The molecule has 2 heterocycles. The van der Waals surface area contributed by atoms with Crippen molar-refractivity contribution in [3.05, 3.63) is 87.6 Å². The Labute approximate surface area is 236 Å². The molecule has 4 saturated carbocycles. The lowest BCUT2D eigenvalue weighted by Gasteiger charge is -2.57. The first-order valence-electron chi connectivity index (χ1n) is 14.6. The van der Waals surface area contributed by atoms with Gasteiger partial charge in [0.25, 0.3) is 5.91 Å². The maximum Gasteiger partial charge on any atom is 0.264 e. The van der Waals surface area contributed by atoms with Crippen LogP contribution >= 0.6 is 11.8 Å². The van der Waals surface area contributed by atoms with E-state index in [4.69, 9.17) is 0 Å². The summed E-state index contributed by atoms with van der Waals surface area (Å²) in [4.78, 5) is 18.1. The SMILES string of the molecule is CCc1ccc(N=C2NC(=O)/C(=C/c3cc(C)n(-c4ccc(C56CC7CC(CC(C7)C5)C6)cc4)c3C)S2)cc1. The fourth-order valence-electron chi connectivity index (χ4n) is 8.30. The molecule has 1 aromatic heterocycles. The Morgan fingerprint density at radius 1 is 0.974 bits per heavy atom. The molecular weight excluding hydrogens is 498 g/mol. The van der Waals surface area contributed by atoms with Crippen LogP contribution in [0.25, 0.3) is 11.8 Å². The minimum Gasteiger partial charge on any atom is -0.318 e. The molecular formula is C34H37N3OS. The van der Waals surface area contributed by atoms with Gasteiger partial charge in [0.15, 0.2) is 5.17 Å². The summed E-state index contributed by atoms with van der Waals surface area (Å²) in [5.74, 6) is 2.78. The van der Waals surface area contributed by atoms with Crippen molar-refractivity contribution in [3.8, 4) is 5.69 Å². The van der Waals surface area contributed by atoms with Gasteiger partial charge in [-0.2, -0.15) is 0 Å². The summed E-state index contributed by atoms with van der Waals surface area (Å²) in [6.07, 6.45) is 11.6.